The fourth-order valence-electron chi connectivity index (χ4n) is 1.80. The molecule has 0 aliphatic rings. The number of hydrogen-bond donors (Lipinski definition) is 1. The number of ether oxygens (including phenoxy) is 1. The Morgan fingerprint density at radius 2 is 2.00 bits per heavy atom. The van der Waals surface area contributed by atoms with Gasteiger partial charge < -0.3 is 9.84 Å². The van der Waals surface area contributed by atoms with Crippen LogP contribution in [0.15, 0.2) is 36.4 Å². The third-order valence-electron chi connectivity index (χ3n) is 2.71. The first-order chi connectivity index (χ1) is 8.72. The Balaban J connectivity index is 2.26. The molecule has 1 heterocycles. The lowest BCUT2D eigenvalue weighted by atomic mass is 10.1. The third kappa shape index (κ3) is 2.92. The van der Waals surface area contributed by atoms with Crippen LogP contribution in [-0.4, -0.2) is 11.7 Å². The fourth-order valence-corrected chi connectivity index (χ4v) is 2.69. The van der Waals surface area contributed by atoms with Crippen molar-refractivity contribution in [2.75, 3.05) is 6.61 Å². The largest absolute Gasteiger partial charge is 0.493 e. The van der Waals surface area contributed by atoms with E-state index >= 15 is 0 Å². The van der Waals surface area contributed by atoms with Crippen molar-refractivity contribution in [2.45, 2.75) is 26.4 Å². The first kappa shape index (κ1) is 13.1. The second kappa shape index (κ2) is 6.03. The first-order valence-corrected chi connectivity index (χ1v) is 7.00. The lowest BCUT2D eigenvalue weighted by Crippen LogP contribution is -2.03. The highest BCUT2D eigenvalue weighted by Gasteiger charge is 2.16. The predicted molar refractivity (Wildman–Crippen MR) is 75.3 cm³/mol. The Bertz CT molecular complexity index is 505. The van der Waals surface area contributed by atoms with Gasteiger partial charge in [-0.3, -0.25) is 0 Å². The van der Waals surface area contributed by atoms with Crippen molar-refractivity contribution < 1.29 is 9.84 Å². The molecular formula is C15H18O2S. The van der Waals surface area contributed by atoms with Gasteiger partial charge in [0.15, 0.2) is 0 Å². The van der Waals surface area contributed by atoms with Gasteiger partial charge in [-0.2, -0.15) is 0 Å². The molecule has 0 aliphatic carbocycles. The van der Waals surface area contributed by atoms with E-state index in [0.717, 1.165) is 22.6 Å². The summed E-state index contributed by atoms with van der Waals surface area (Å²) in [7, 11) is 0. The SMILES string of the molecule is CCCOc1ccccc1C(O)c1ccc(C)s1. The molecule has 0 amide bonds. The average Bonchev–Trinajstić information content (AvgIpc) is 2.82. The molecule has 0 radical (unpaired) electrons. The molecule has 1 atom stereocenters. The summed E-state index contributed by atoms with van der Waals surface area (Å²) in [6.07, 6.45) is 0.361. The van der Waals surface area contributed by atoms with E-state index < -0.39 is 6.10 Å². The molecule has 0 saturated heterocycles. The number of thiophene rings is 1. The Hall–Kier alpha value is -1.32. The highest BCUT2D eigenvalue weighted by atomic mass is 32.1. The summed E-state index contributed by atoms with van der Waals surface area (Å²) in [5, 5.41) is 10.4. The molecule has 1 aromatic heterocycles. The number of aliphatic hydroxyl groups is 1. The molecule has 96 valence electrons. The molecule has 0 saturated carbocycles. The van der Waals surface area contributed by atoms with Crippen LogP contribution in [0.2, 0.25) is 0 Å². The van der Waals surface area contributed by atoms with Crippen LogP contribution in [0, 0.1) is 6.92 Å². The van der Waals surface area contributed by atoms with Crippen LogP contribution in [-0.2, 0) is 0 Å². The van der Waals surface area contributed by atoms with Crippen molar-refractivity contribution in [1.82, 2.24) is 0 Å². The minimum atomic E-state index is -0.600. The van der Waals surface area contributed by atoms with Crippen LogP contribution in [0.25, 0.3) is 0 Å². The predicted octanol–water partition coefficient (Wildman–Crippen LogP) is 3.93. The molecule has 1 unspecified atom stereocenters. The maximum atomic E-state index is 10.4. The van der Waals surface area contributed by atoms with Gasteiger partial charge in [0.25, 0.3) is 0 Å². The van der Waals surface area contributed by atoms with Crippen LogP contribution in [0.5, 0.6) is 5.75 Å². The summed E-state index contributed by atoms with van der Waals surface area (Å²) in [6, 6.07) is 11.7. The monoisotopic (exact) mass is 262 g/mol. The first-order valence-electron chi connectivity index (χ1n) is 6.18. The highest BCUT2D eigenvalue weighted by molar-refractivity contribution is 7.12. The Labute approximate surface area is 112 Å². The Morgan fingerprint density at radius 3 is 2.67 bits per heavy atom. The second-order valence-corrected chi connectivity index (χ2v) is 5.56. The van der Waals surface area contributed by atoms with Gasteiger partial charge >= 0.3 is 0 Å². The van der Waals surface area contributed by atoms with E-state index in [-0.39, 0.29) is 0 Å². The average molecular weight is 262 g/mol. The molecule has 3 heteroatoms. The van der Waals surface area contributed by atoms with E-state index in [2.05, 4.69) is 6.92 Å². The topological polar surface area (TPSA) is 29.5 Å². The van der Waals surface area contributed by atoms with Crippen molar-refractivity contribution in [2.24, 2.45) is 0 Å². The summed E-state index contributed by atoms with van der Waals surface area (Å²) in [6.45, 7) is 4.79. The van der Waals surface area contributed by atoms with Crippen molar-refractivity contribution in [3.05, 3.63) is 51.7 Å². The maximum Gasteiger partial charge on any atom is 0.125 e. The number of hydrogen-bond acceptors (Lipinski definition) is 3. The maximum absolute atomic E-state index is 10.4. The minimum Gasteiger partial charge on any atom is -0.493 e. The van der Waals surface area contributed by atoms with Gasteiger partial charge in [-0.05, 0) is 31.5 Å². The Morgan fingerprint density at radius 1 is 1.22 bits per heavy atom. The van der Waals surface area contributed by atoms with Crippen molar-refractivity contribution in [1.29, 1.82) is 0 Å². The van der Waals surface area contributed by atoms with Crippen LogP contribution in [0.3, 0.4) is 0 Å². The van der Waals surface area contributed by atoms with Gasteiger partial charge in [0.2, 0.25) is 0 Å². The van der Waals surface area contributed by atoms with Crippen molar-refractivity contribution in [3.8, 4) is 5.75 Å². The van der Waals surface area contributed by atoms with Crippen LogP contribution >= 0.6 is 11.3 Å². The molecule has 18 heavy (non-hydrogen) atoms. The molecule has 0 spiro atoms. The van der Waals surface area contributed by atoms with Crippen LogP contribution in [0.4, 0.5) is 0 Å². The van der Waals surface area contributed by atoms with E-state index in [1.807, 2.05) is 43.3 Å². The normalized spacial score (nSPS) is 12.4. The summed E-state index contributed by atoms with van der Waals surface area (Å²) in [5.74, 6) is 0.776. The molecule has 2 aromatic rings. The zero-order valence-corrected chi connectivity index (χ0v) is 11.5. The van der Waals surface area contributed by atoms with E-state index in [9.17, 15) is 5.11 Å². The molecule has 2 rings (SSSR count). The molecule has 2 nitrogen and oxygen atoms in total. The summed E-state index contributed by atoms with van der Waals surface area (Å²) in [5.41, 5.74) is 0.841. The van der Waals surface area contributed by atoms with E-state index in [1.54, 1.807) is 11.3 Å². The number of benzene rings is 1. The van der Waals surface area contributed by atoms with Crippen molar-refractivity contribution in [3.63, 3.8) is 0 Å². The molecular weight excluding hydrogens is 244 g/mol. The van der Waals surface area contributed by atoms with Gasteiger partial charge in [0, 0.05) is 15.3 Å². The summed E-state index contributed by atoms with van der Waals surface area (Å²) >= 11 is 1.62. The Kier molecular flexibility index (Phi) is 4.39. The quantitative estimate of drug-likeness (QED) is 0.884. The van der Waals surface area contributed by atoms with Gasteiger partial charge in [0.05, 0.1) is 6.61 Å². The lowest BCUT2D eigenvalue weighted by molar-refractivity contribution is 0.214. The van der Waals surface area contributed by atoms with Gasteiger partial charge in [-0.1, -0.05) is 25.1 Å². The fraction of sp³-hybridized carbons (Fsp3) is 0.333. The number of para-hydroxylation sites is 1. The van der Waals surface area contributed by atoms with Crippen LogP contribution < -0.4 is 4.74 Å². The third-order valence-corrected chi connectivity index (χ3v) is 3.76. The minimum absolute atomic E-state index is 0.600. The number of aryl methyl sites for hydroxylation is 1. The lowest BCUT2D eigenvalue weighted by Gasteiger charge is -2.14. The molecule has 1 N–H and O–H groups in total. The van der Waals surface area contributed by atoms with E-state index in [0.29, 0.717) is 6.61 Å². The zero-order valence-electron chi connectivity index (χ0n) is 10.7. The van der Waals surface area contributed by atoms with Crippen molar-refractivity contribution >= 4 is 11.3 Å². The summed E-state index contributed by atoms with van der Waals surface area (Å²) in [4.78, 5) is 2.16. The van der Waals surface area contributed by atoms with Gasteiger partial charge in [-0.25, -0.2) is 0 Å². The molecule has 0 bridgehead atoms. The number of rotatable bonds is 5. The second-order valence-electron chi connectivity index (χ2n) is 4.24. The smallest absolute Gasteiger partial charge is 0.125 e. The van der Waals surface area contributed by atoms with Gasteiger partial charge in [-0.15, -0.1) is 11.3 Å². The van der Waals surface area contributed by atoms with E-state index in [4.69, 9.17) is 4.74 Å². The number of aliphatic hydroxyl groups excluding tert-OH is 1. The molecule has 0 aliphatic heterocycles. The molecule has 0 fully saturated rings. The zero-order chi connectivity index (χ0) is 13.0. The van der Waals surface area contributed by atoms with Crippen LogP contribution in [0.1, 0.15) is 34.8 Å². The highest BCUT2D eigenvalue weighted by Crippen LogP contribution is 2.33. The standard InChI is InChI=1S/C15H18O2S/c1-3-10-17-13-7-5-4-6-12(13)15(16)14-9-8-11(2)18-14/h4-9,15-16H,3,10H2,1-2H3. The molecule has 1 aromatic carbocycles. The summed E-state index contributed by atoms with van der Waals surface area (Å²) < 4.78 is 5.68. The van der Waals surface area contributed by atoms with Gasteiger partial charge in [0.1, 0.15) is 11.9 Å². The van der Waals surface area contributed by atoms with E-state index in [1.165, 1.54) is 4.88 Å².